The Morgan fingerprint density at radius 3 is 2.56 bits per heavy atom. The summed E-state index contributed by atoms with van der Waals surface area (Å²) in [5.74, 6) is 0. The number of hydrogen-bond acceptors (Lipinski definition) is 3. The molecule has 0 bridgehead atoms. The van der Waals surface area contributed by atoms with Gasteiger partial charge in [-0.05, 0) is 31.2 Å². The number of nitrogens with two attached hydrogens (primary N) is 1. The molecule has 1 atom stereocenters. The second-order valence-corrected chi connectivity index (χ2v) is 4.52. The smallest absolute Gasteiger partial charge is 0.0595 e. The summed E-state index contributed by atoms with van der Waals surface area (Å²) in [5.41, 5.74) is 6.91. The van der Waals surface area contributed by atoms with Crippen molar-refractivity contribution in [3.05, 3.63) is 34.9 Å². The molecule has 0 heterocycles. The highest BCUT2D eigenvalue weighted by molar-refractivity contribution is 6.30. The summed E-state index contributed by atoms with van der Waals surface area (Å²) >= 11 is 5.81. The maximum atomic E-state index is 8.83. The first-order valence-corrected chi connectivity index (χ1v) is 5.79. The van der Waals surface area contributed by atoms with Crippen LogP contribution in [0, 0.1) is 0 Å². The number of halogens is 1. The molecule has 0 radical (unpaired) electrons. The van der Waals surface area contributed by atoms with E-state index in [9.17, 15) is 0 Å². The van der Waals surface area contributed by atoms with Crippen LogP contribution in [0.15, 0.2) is 24.3 Å². The first-order valence-electron chi connectivity index (χ1n) is 5.41. The molecule has 0 aromatic heterocycles. The predicted octanol–water partition coefficient (Wildman–Crippen LogP) is 1.13. The molecule has 3 nitrogen and oxygen atoms in total. The summed E-state index contributed by atoms with van der Waals surface area (Å²) in [7, 11) is 2.01. The Hall–Kier alpha value is -0.610. The first-order chi connectivity index (χ1) is 7.61. The van der Waals surface area contributed by atoms with E-state index < -0.39 is 0 Å². The van der Waals surface area contributed by atoms with Crippen LogP contribution in [0.2, 0.25) is 5.02 Å². The van der Waals surface area contributed by atoms with Crippen LogP contribution in [0.5, 0.6) is 0 Å². The van der Waals surface area contributed by atoms with E-state index in [1.807, 2.05) is 31.3 Å². The van der Waals surface area contributed by atoms with Gasteiger partial charge in [-0.15, -0.1) is 0 Å². The van der Waals surface area contributed by atoms with Crippen LogP contribution < -0.4 is 5.73 Å². The lowest BCUT2D eigenvalue weighted by Crippen LogP contribution is -2.38. The Kier molecular flexibility index (Phi) is 5.77. The van der Waals surface area contributed by atoms with Gasteiger partial charge in [-0.2, -0.15) is 0 Å². The summed E-state index contributed by atoms with van der Waals surface area (Å²) in [4.78, 5) is 2.12. The molecule has 0 aliphatic heterocycles. The average Bonchev–Trinajstić information content (AvgIpc) is 2.28. The average molecular weight is 243 g/mol. The van der Waals surface area contributed by atoms with Crippen molar-refractivity contribution >= 4 is 11.6 Å². The van der Waals surface area contributed by atoms with Crippen molar-refractivity contribution < 1.29 is 5.11 Å². The van der Waals surface area contributed by atoms with Crippen LogP contribution in [-0.2, 0) is 6.42 Å². The fourth-order valence-corrected chi connectivity index (χ4v) is 1.65. The molecule has 0 saturated carbocycles. The quantitative estimate of drug-likeness (QED) is 0.787. The fourth-order valence-electron chi connectivity index (χ4n) is 1.52. The lowest BCUT2D eigenvalue weighted by Gasteiger charge is -2.19. The van der Waals surface area contributed by atoms with Gasteiger partial charge in [-0.1, -0.05) is 23.7 Å². The Balaban J connectivity index is 2.31. The van der Waals surface area contributed by atoms with E-state index >= 15 is 0 Å². The van der Waals surface area contributed by atoms with Crippen molar-refractivity contribution in [2.45, 2.75) is 12.5 Å². The van der Waals surface area contributed by atoms with Crippen LogP contribution in [0.25, 0.3) is 0 Å². The molecule has 1 aromatic carbocycles. The summed E-state index contributed by atoms with van der Waals surface area (Å²) < 4.78 is 0. The highest BCUT2D eigenvalue weighted by Crippen LogP contribution is 2.10. The van der Waals surface area contributed by atoms with E-state index in [1.165, 1.54) is 5.56 Å². The molecule has 1 unspecified atom stereocenters. The second kappa shape index (κ2) is 6.86. The summed E-state index contributed by atoms with van der Waals surface area (Å²) in [6.45, 7) is 1.67. The summed E-state index contributed by atoms with van der Waals surface area (Å²) in [5, 5.41) is 9.60. The second-order valence-electron chi connectivity index (χ2n) is 4.08. The van der Waals surface area contributed by atoms with E-state index in [4.69, 9.17) is 22.4 Å². The van der Waals surface area contributed by atoms with Crippen LogP contribution >= 0.6 is 11.6 Å². The molecule has 1 aromatic rings. The largest absolute Gasteiger partial charge is 0.395 e. The van der Waals surface area contributed by atoms with Crippen LogP contribution in [0.4, 0.5) is 0 Å². The maximum absolute atomic E-state index is 8.83. The topological polar surface area (TPSA) is 49.5 Å². The van der Waals surface area contributed by atoms with Gasteiger partial charge >= 0.3 is 0 Å². The standard InChI is InChI=1S/C12H19ClN2O/c1-15(8-12(14)9-16)7-6-10-2-4-11(13)5-3-10/h2-5,12,16H,6-9,14H2,1H3. The summed E-state index contributed by atoms with van der Waals surface area (Å²) in [6, 6.07) is 7.70. The van der Waals surface area contributed by atoms with E-state index in [0.29, 0.717) is 6.54 Å². The fraction of sp³-hybridized carbons (Fsp3) is 0.500. The van der Waals surface area contributed by atoms with E-state index in [-0.39, 0.29) is 12.6 Å². The number of benzene rings is 1. The maximum Gasteiger partial charge on any atom is 0.0595 e. The van der Waals surface area contributed by atoms with E-state index in [0.717, 1.165) is 18.0 Å². The Labute approximate surface area is 102 Å². The van der Waals surface area contributed by atoms with Crippen molar-refractivity contribution in [3.63, 3.8) is 0 Å². The van der Waals surface area contributed by atoms with Gasteiger partial charge in [0.05, 0.1) is 6.61 Å². The van der Waals surface area contributed by atoms with Crippen molar-refractivity contribution in [1.29, 1.82) is 0 Å². The summed E-state index contributed by atoms with van der Waals surface area (Å²) in [6.07, 6.45) is 0.964. The predicted molar refractivity (Wildman–Crippen MR) is 67.7 cm³/mol. The zero-order valence-electron chi connectivity index (χ0n) is 9.56. The molecule has 1 rings (SSSR count). The molecule has 0 aliphatic rings. The number of nitrogens with zero attached hydrogens (tertiary/aromatic N) is 1. The van der Waals surface area contributed by atoms with Crippen molar-refractivity contribution in [2.75, 3.05) is 26.7 Å². The molecule has 16 heavy (non-hydrogen) atoms. The normalized spacial score (nSPS) is 13.1. The highest BCUT2D eigenvalue weighted by Gasteiger charge is 2.05. The SMILES string of the molecule is CN(CCc1ccc(Cl)cc1)CC(N)CO. The van der Waals surface area contributed by atoms with E-state index in [1.54, 1.807) is 0 Å². The first kappa shape index (κ1) is 13.5. The highest BCUT2D eigenvalue weighted by atomic mass is 35.5. The van der Waals surface area contributed by atoms with Gasteiger partial charge in [0.2, 0.25) is 0 Å². The molecule has 0 aliphatic carbocycles. The van der Waals surface area contributed by atoms with Crippen LogP contribution in [-0.4, -0.2) is 42.8 Å². The Bertz CT molecular complexity index is 302. The van der Waals surface area contributed by atoms with Crippen LogP contribution in [0.1, 0.15) is 5.56 Å². The molecule has 4 heteroatoms. The Morgan fingerprint density at radius 2 is 2.00 bits per heavy atom. The van der Waals surface area contributed by atoms with Crippen LogP contribution in [0.3, 0.4) is 0 Å². The number of rotatable bonds is 6. The third-order valence-electron chi connectivity index (χ3n) is 2.48. The van der Waals surface area contributed by atoms with Gasteiger partial charge in [0.15, 0.2) is 0 Å². The minimum atomic E-state index is -0.157. The molecular formula is C12H19ClN2O. The molecule has 0 fully saturated rings. The molecule has 3 N–H and O–H groups in total. The molecule has 90 valence electrons. The van der Waals surface area contributed by atoms with Gasteiger partial charge in [0.25, 0.3) is 0 Å². The van der Waals surface area contributed by atoms with Gasteiger partial charge in [-0.3, -0.25) is 0 Å². The molecule has 0 spiro atoms. The lowest BCUT2D eigenvalue weighted by atomic mass is 10.1. The minimum Gasteiger partial charge on any atom is -0.395 e. The minimum absolute atomic E-state index is 0.0330. The van der Waals surface area contributed by atoms with Gasteiger partial charge in [0, 0.05) is 24.2 Å². The van der Waals surface area contributed by atoms with E-state index in [2.05, 4.69) is 4.90 Å². The van der Waals surface area contributed by atoms with Gasteiger partial charge in [-0.25, -0.2) is 0 Å². The monoisotopic (exact) mass is 242 g/mol. The van der Waals surface area contributed by atoms with Crippen molar-refractivity contribution in [2.24, 2.45) is 5.73 Å². The third-order valence-corrected chi connectivity index (χ3v) is 2.73. The number of aliphatic hydroxyl groups excluding tert-OH is 1. The third kappa shape index (κ3) is 4.94. The number of aliphatic hydroxyl groups is 1. The molecular weight excluding hydrogens is 224 g/mol. The Morgan fingerprint density at radius 1 is 1.38 bits per heavy atom. The number of hydrogen-bond donors (Lipinski definition) is 2. The van der Waals surface area contributed by atoms with Crippen molar-refractivity contribution in [3.8, 4) is 0 Å². The van der Waals surface area contributed by atoms with Gasteiger partial charge in [0.1, 0.15) is 0 Å². The lowest BCUT2D eigenvalue weighted by molar-refractivity contribution is 0.223. The zero-order valence-corrected chi connectivity index (χ0v) is 10.3. The molecule has 0 saturated heterocycles. The number of likely N-dealkylation sites (N-methyl/N-ethyl adjacent to an activating group) is 1. The zero-order chi connectivity index (χ0) is 12.0. The van der Waals surface area contributed by atoms with Gasteiger partial charge < -0.3 is 15.7 Å². The van der Waals surface area contributed by atoms with Crippen molar-refractivity contribution in [1.82, 2.24) is 4.90 Å². The molecule has 0 amide bonds.